The van der Waals surface area contributed by atoms with Crippen molar-refractivity contribution in [2.45, 2.75) is 13.0 Å². The highest BCUT2D eigenvalue weighted by Crippen LogP contribution is 2.32. The maximum atomic E-state index is 12.9. The maximum absolute atomic E-state index is 12.9. The Hall–Kier alpha value is -1.26. The summed E-state index contributed by atoms with van der Waals surface area (Å²) in [5.41, 5.74) is 1.43. The van der Waals surface area contributed by atoms with Gasteiger partial charge in [-0.05, 0) is 47.1 Å². The number of phenols is 1. The van der Waals surface area contributed by atoms with Gasteiger partial charge in [-0.2, -0.15) is 0 Å². The van der Waals surface area contributed by atoms with Gasteiger partial charge in [-0.15, -0.1) is 0 Å². The number of rotatable bonds is 3. The van der Waals surface area contributed by atoms with Crippen molar-refractivity contribution in [2.75, 3.05) is 5.32 Å². The standard InChI is InChI=1S/C14H12BrClFNO/c1-8(11-4-3-10(17)7-14(11)19)18-13-6-9(16)2-5-12(13)15/h2-8,18-19H,1H3. The molecule has 2 aromatic rings. The van der Waals surface area contributed by atoms with Crippen LogP contribution in [0.3, 0.4) is 0 Å². The first kappa shape index (κ1) is 14.2. The molecule has 0 radical (unpaired) electrons. The monoisotopic (exact) mass is 343 g/mol. The van der Waals surface area contributed by atoms with E-state index in [1.165, 1.54) is 6.07 Å². The molecule has 0 saturated carbocycles. The largest absolute Gasteiger partial charge is 0.507 e. The zero-order chi connectivity index (χ0) is 14.0. The molecule has 0 aliphatic rings. The molecule has 2 nitrogen and oxygen atoms in total. The highest BCUT2D eigenvalue weighted by molar-refractivity contribution is 9.10. The van der Waals surface area contributed by atoms with Crippen LogP contribution < -0.4 is 5.32 Å². The Bertz CT molecular complexity index is 606. The number of phenolic OH excluding ortho intramolecular Hbond substituents is 1. The van der Waals surface area contributed by atoms with Gasteiger partial charge in [0.2, 0.25) is 0 Å². The fourth-order valence-electron chi connectivity index (χ4n) is 1.80. The van der Waals surface area contributed by atoms with Gasteiger partial charge < -0.3 is 10.4 Å². The van der Waals surface area contributed by atoms with Crippen molar-refractivity contribution in [3.05, 3.63) is 57.3 Å². The molecule has 2 N–H and O–H groups in total. The Kier molecular flexibility index (Phi) is 4.32. The minimum absolute atomic E-state index is 0.0712. The van der Waals surface area contributed by atoms with Gasteiger partial charge in [-0.1, -0.05) is 17.7 Å². The molecule has 0 bridgehead atoms. The van der Waals surface area contributed by atoms with Crippen LogP contribution in [0.15, 0.2) is 40.9 Å². The smallest absolute Gasteiger partial charge is 0.126 e. The van der Waals surface area contributed by atoms with Crippen molar-refractivity contribution in [2.24, 2.45) is 0 Å². The molecule has 19 heavy (non-hydrogen) atoms. The third kappa shape index (κ3) is 3.39. The first-order valence-corrected chi connectivity index (χ1v) is 6.84. The zero-order valence-corrected chi connectivity index (χ0v) is 12.5. The average molecular weight is 345 g/mol. The van der Waals surface area contributed by atoms with Crippen LogP contribution in [0.5, 0.6) is 5.75 Å². The molecular weight excluding hydrogens is 333 g/mol. The minimum atomic E-state index is -0.461. The summed E-state index contributed by atoms with van der Waals surface area (Å²) < 4.78 is 13.8. The van der Waals surface area contributed by atoms with E-state index in [4.69, 9.17) is 11.6 Å². The van der Waals surface area contributed by atoms with Crippen LogP contribution in [0, 0.1) is 5.82 Å². The van der Waals surface area contributed by atoms with Crippen molar-refractivity contribution >= 4 is 33.2 Å². The third-order valence-electron chi connectivity index (χ3n) is 2.76. The van der Waals surface area contributed by atoms with Gasteiger partial charge in [0.1, 0.15) is 11.6 Å². The third-order valence-corrected chi connectivity index (χ3v) is 3.69. The zero-order valence-electron chi connectivity index (χ0n) is 10.1. The van der Waals surface area contributed by atoms with Crippen LogP contribution in [0.2, 0.25) is 5.02 Å². The van der Waals surface area contributed by atoms with E-state index in [2.05, 4.69) is 21.2 Å². The fourth-order valence-corrected chi connectivity index (χ4v) is 2.34. The van der Waals surface area contributed by atoms with Crippen LogP contribution in [-0.2, 0) is 0 Å². The Labute approximate surface area is 124 Å². The maximum Gasteiger partial charge on any atom is 0.126 e. The summed E-state index contributed by atoms with van der Waals surface area (Å²) in [5, 5.41) is 13.6. The van der Waals surface area contributed by atoms with Gasteiger partial charge in [-0.25, -0.2) is 4.39 Å². The number of anilines is 1. The van der Waals surface area contributed by atoms with E-state index in [0.717, 1.165) is 16.2 Å². The Balaban J connectivity index is 2.25. The molecule has 0 amide bonds. The molecule has 0 saturated heterocycles. The lowest BCUT2D eigenvalue weighted by atomic mass is 10.1. The van der Waals surface area contributed by atoms with Crippen molar-refractivity contribution in [1.82, 2.24) is 0 Å². The van der Waals surface area contributed by atoms with Crippen molar-refractivity contribution in [3.63, 3.8) is 0 Å². The molecule has 0 fully saturated rings. The van der Waals surface area contributed by atoms with Crippen LogP contribution in [-0.4, -0.2) is 5.11 Å². The summed E-state index contributed by atoms with van der Waals surface area (Å²) >= 11 is 9.36. The molecule has 5 heteroatoms. The van der Waals surface area contributed by atoms with Crippen molar-refractivity contribution < 1.29 is 9.50 Å². The van der Waals surface area contributed by atoms with E-state index in [-0.39, 0.29) is 11.8 Å². The Morgan fingerprint density at radius 3 is 2.68 bits per heavy atom. The molecule has 0 heterocycles. The summed E-state index contributed by atoms with van der Waals surface area (Å²) in [4.78, 5) is 0. The summed E-state index contributed by atoms with van der Waals surface area (Å²) in [6.07, 6.45) is 0. The molecule has 0 spiro atoms. The van der Waals surface area contributed by atoms with Crippen LogP contribution in [0.4, 0.5) is 10.1 Å². The first-order valence-electron chi connectivity index (χ1n) is 5.67. The summed E-state index contributed by atoms with van der Waals surface area (Å²) in [5.74, 6) is -0.532. The van der Waals surface area contributed by atoms with E-state index in [9.17, 15) is 9.50 Å². The van der Waals surface area contributed by atoms with E-state index < -0.39 is 5.82 Å². The SMILES string of the molecule is CC(Nc1cc(Cl)ccc1Br)c1ccc(F)cc1O. The van der Waals surface area contributed by atoms with E-state index in [0.29, 0.717) is 10.6 Å². The minimum Gasteiger partial charge on any atom is -0.507 e. The predicted molar refractivity (Wildman–Crippen MR) is 79.3 cm³/mol. The molecule has 0 aliphatic carbocycles. The van der Waals surface area contributed by atoms with E-state index in [1.807, 2.05) is 13.0 Å². The summed E-state index contributed by atoms with van der Waals surface area (Å²) in [6.45, 7) is 1.88. The van der Waals surface area contributed by atoms with E-state index in [1.54, 1.807) is 18.2 Å². The highest BCUT2D eigenvalue weighted by Gasteiger charge is 2.12. The summed E-state index contributed by atoms with van der Waals surface area (Å²) in [6, 6.07) is 9.18. The molecule has 2 aromatic carbocycles. The normalized spacial score (nSPS) is 12.2. The molecule has 100 valence electrons. The number of hydrogen-bond donors (Lipinski definition) is 2. The van der Waals surface area contributed by atoms with Crippen molar-refractivity contribution in [1.29, 1.82) is 0 Å². The second kappa shape index (κ2) is 5.80. The number of nitrogens with one attached hydrogen (secondary N) is 1. The second-order valence-electron chi connectivity index (χ2n) is 4.19. The van der Waals surface area contributed by atoms with Gasteiger partial charge in [0, 0.05) is 21.1 Å². The van der Waals surface area contributed by atoms with Gasteiger partial charge in [-0.3, -0.25) is 0 Å². The topological polar surface area (TPSA) is 32.3 Å². The van der Waals surface area contributed by atoms with Gasteiger partial charge in [0.25, 0.3) is 0 Å². The number of aromatic hydroxyl groups is 1. The van der Waals surface area contributed by atoms with Crippen LogP contribution in [0.1, 0.15) is 18.5 Å². The van der Waals surface area contributed by atoms with Crippen LogP contribution in [0.25, 0.3) is 0 Å². The predicted octanol–water partition coefficient (Wildman–Crippen LogP) is 5.12. The van der Waals surface area contributed by atoms with E-state index >= 15 is 0 Å². The molecular formula is C14H12BrClFNO. The van der Waals surface area contributed by atoms with Crippen molar-refractivity contribution in [3.8, 4) is 5.75 Å². The molecule has 2 rings (SSSR count). The molecule has 0 aliphatic heterocycles. The molecule has 1 atom stereocenters. The lowest BCUT2D eigenvalue weighted by molar-refractivity contribution is 0.459. The molecule has 0 aromatic heterocycles. The van der Waals surface area contributed by atoms with Gasteiger partial charge in [0.05, 0.1) is 11.7 Å². The van der Waals surface area contributed by atoms with Gasteiger partial charge >= 0.3 is 0 Å². The number of halogens is 3. The lowest BCUT2D eigenvalue weighted by Gasteiger charge is -2.18. The Morgan fingerprint density at radius 2 is 2.00 bits per heavy atom. The quantitative estimate of drug-likeness (QED) is 0.810. The fraction of sp³-hybridized carbons (Fsp3) is 0.143. The second-order valence-corrected chi connectivity index (χ2v) is 5.48. The average Bonchev–Trinajstić information content (AvgIpc) is 2.33. The van der Waals surface area contributed by atoms with Crippen LogP contribution >= 0.6 is 27.5 Å². The lowest BCUT2D eigenvalue weighted by Crippen LogP contribution is -2.07. The highest BCUT2D eigenvalue weighted by atomic mass is 79.9. The number of benzene rings is 2. The molecule has 1 unspecified atom stereocenters. The van der Waals surface area contributed by atoms with Gasteiger partial charge in [0.15, 0.2) is 0 Å². The summed E-state index contributed by atoms with van der Waals surface area (Å²) in [7, 11) is 0. The Morgan fingerprint density at radius 1 is 1.26 bits per heavy atom. The number of hydrogen-bond acceptors (Lipinski definition) is 2. The first-order chi connectivity index (χ1) is 8.97.